The Kier molecular flexibility index (Phi) is 5.11. The van der Waals surface area contributed by atoms with Crippen LogP contribution in [-0.4, -0.2) is 6.54 Å². The summed E-state index contributed by atoms with van der Waals surface area (Å²) in [5.74, 6) is 0.132. The van der Waals surface area contributed by atoms with Crippen molar-refractivity contribution in [3.63, 3.8) is 0 Å². The molecule has 1 nitrogen and oxygen atoms in total. The molecule has 0 fully saturated rings. The Balaban J connectivity index is 2.04. The van der Waals surface area contributed by atoms with E-state index in [1.807, 2.05) is 24.3 Å². The molecule has 100 valence electrons. The molecule has 1 unspecified atom stereocenters. The number of aryl methyl sites for hydroxylation is 1. The standard InChI is InChI=1S/C16H17BrFN/c17-16-10-15(18)9-8-13(16)6-7-14(11-19)12-4-2-1-3-5-12/h1-5,8-10,14H,6-7,11,19H2. The van der Waals surface area contributed by atoms with Crippen molar-refractivity contribution in [2.24, 2.45) is 5.73 Å². The maximum atomic E-state index is 13.0. The summed E-state index contributed by atoms with van der Waals surface area (Å²) in [4.78, 5) is 0. The Labute approximate surface area is 121 Å². The van der Waals surface area contributed by atoms with Crippen molar-refractivity contribution in [3.05, 3.63) is 69.9 Å². The molecular formula is C16H17BrFN. The van der Waals surface area contributed by atoms with Gasteiger partial charge in [-0.2, -0.15) is 0 Å². The van der Waals surface area contributed by atoms with Gasteiger partial charge < -0.3 is 5.73 Å². The molecule has 0 spiro atoms. The lowest BCUT2D eigenvalue weighted by molar-refractivity contribution is 0.618. The van der Waals surface area contributed by atoms with Crippen molar-refractivity contribution in [3.8, 4) is 0 Å². The zero-order chi connectivity index (χ0) is 13.7. The van der Waals surface area contributed by atoms with E-state index in [1.54, 1.807) is 0 Å². The Morgan fingerprint density at radius 1 is 1.11 bits per heavy atom. The Bertz CT molecular complexity index is 528. The first-order valence-electron chi connectivity index (χ1n) is 6.39. The van der Waals surface area contributed by atoms with E-state index >= 15 is 0 Å². The van der Waals surface area contributed by atoms with Gasteiger partial charge in [0.25, 0.3) is 0 Å². The van der Waals surface area contributed by atoms with Crippen LogP contribution in [0, 0.1) is 5.82 Å². The molecule has 1 atom stereocenters. The van der Waals surface area contributed by atoms with E-state index in [0.717, 1.165) is 22.9 Å². The third-order valence-corrected chi connectivity index (χ3v) is 4.07. The molecule has 19 heavy (non-hydrogen) atoms. The second-order valence-electron chi connectivity index (χ2n) is 4.62. The molecule has 0 aliphatic carbocycles. The summed E-state index contributed by atoms with van der Waals surface area (Å²) < 4.78 is 13.9. The topological polar surface area (TPSA) is 26.0 Å². The number of rotatable bonds is 5. The molecule has 0 radical (unpaired) electrons. The average molecular weight is 322 g/mol. The first-order valence-corrected chi connectivity index (χ1v) is 7.19. The zero-order valence-corrected chi connectivity index (χ0v) is 12.2. The highest BCUT2D eigenvalue weighted by molar-refractivity contribution is 9.10. The second-order valence-corrected chi connectivity index (χ2v) is 5.47. The molecule has 3 heteroatoms. The van der Waals surface area contributed by atoms with Gasteiger partial charge in [0.05, 0.1) is 0 Å². The number of benzene rings is 2. The molecule has 0 aromatic heterocycles. The van der Waals surface area contributed by atoms with Gasteiger partial charge >= 0.3 is 0 Å². The third kappa shape index (κ3) is 3.88. The van der Waals surface area contributed by atoms with Crippen molar-refractivity contribution in [1.29, 1.82) is 0 Å². The van der Waals surface area contributed by atoms with Crippen LogP contribution in [0.3, 0.4) is 0 Å². The molecular weight excluding hydrogens is 305 g/mol. The minimum atomic E-state index is -0.214. The summed E-state index contributed by atoms with van der Waals surface area (Å²) in [7, 11) is 0. The number of hydrogen-bond donors (Lipinski definition) is 1. The molecule has 0 saturated carbocycles. The summed E-state index contributed by atoms with van der Waals surface area (Å²) in [6.45, 7) is 0.628. The van der Waals surface area contributed by atoms with Gasteiger partial charge in [0, 0.05) is 4.47 Å². The smallest absolute Gasteiger partial charge is 0.124 e. The van der Waals surface area contributed by atoms with Gasteiger partial charge in [0.15, 0.2) is 0 Å². The maximum Gasteiger partial charge on any atom is 0.124 e. The molecule has 2 aromatic rings. The van der Waals surface area contributed by atoms with E-state index in [1.165, 1.54) is 17.7 Å². The summed E-state index contributed by atoms with van der Waals surface area (Å²) >= 11 is 3.40. The minimum absolute atomic E-state index is 0.214. The summed E-state index contributed by atoms with van der Waals surface area (Å²) in [6.07, 6.45) is 1.85. The fraction of sp³-hybridized carbons (Fsp3) is 0.250. The van der Waals surface area contributed by atoms with Gasteiger partial charge in [-0.25, -0.2) is 4.39 Å². The summed E-state index contributed by atoms with van der Waals surface area (Å²) in [5, 5.41) is 0. The van der Waals surface area contributed by atoms with Crippen molar-refractivity contribution in [2.75, 3.05) is 6.54 Å². The van der Waals surface area contributed by atoms with Crippen molar-refractivity contribution < 1.29 is 4.39 Å². The van der Waals surface area contributed by atoms with Crippen molar-refractivity contribution >= 4 is 15.9 Å². The predicted octanol–water partition coefficient (Wildman–Crippen LogP) is 4.26. The average Bonchev–Trinajstić information content (AvgIpc) is 2.43. The molecule has 0 amide bonds. The number of halogens is 2. The van der Waals surface area contributed by atoms with Gasteiger partial charge in [-0.05, 0) is 48.6 Å². The zero-order valence-electron chi connectivity index (χ0n) is 10.7. The molecule has 0 saturated heterocycles. The lowest BCUT2D eigenvalue weighted by Crippen LogP contribution is -2.13. The first kappa shape index (κ1) is 14.2. The van der Waals surface area contributed by atoms with Crippen LogP contribution in [0.15, 0.2) is 53.0 Å². The van der Waals surface area contributed by atoms with Crippen LogP contribution < -0.4 is 5.73 Å². The number of nitrogens with two attached hydrogens (primary N) is 1. The SMILES string of the molecule is NCC(CCc1ccc(F)cc1Br)c1ccccc1. The quantitative estimate of drug-likeness (QED) is 0.874. The van der Waals surface area contributed by atoms with Crippen LogP contribution in [0.2, 0.25) is 0 Å². The van der Waals surface area contributed by atoms with Gasteiger partial charge in [-0.1, -0.05) is 52.3 Å². The van der Waals surface area contributed by atoms with Crippen LogP contribution >= 0.6 is 15.9 Å². The Morgan fingerprint density at radius 2 is 1.84 bits per heavy atom. The minimum Gasteiger partial charge on any atom is -0.330 e. The van der Waals surface area contributed by atoms with Gasteiger partial charge in [-0.3, -0.25) is 0 Å². The van der Waals surface area contributed by atoms with Gasteiger partial charge in [0.2, 0.25) is 0 Å². The van der Waals surface area contributed by atoms with Gasteiger partial charge in [0.1, 0.15) is 5.82 Å². The van der Waals surface area contributed by atoms with Crippen LogP contribution in [0.1, 0.15) is 23.5 Å². The van der Waals surface area contributed by atoms with E-state index in [2.05, 4.69) is 28.1 Å². The summed E-state index contributed by atoms with van der Waals surface area (Å²) in [6, 6.07) is 15.1. The lowest BCUT2D eigenvalue weighted by Gasteiger charge is -2.15. The molecule has 2 rings (SSSR count). The summed E-state index contributed by atoms with van der Waals surface area (Å²) in [5.41, 5.74) is 8.25. The monoisotopic (exact) mass is 321 g/mol. The van der Waals surface area contributed by atoms with E-state index in [0.29, 0.717) is 12.5 Å². The largest absolute Gasteiger partial charge is 0.330 e. The highest BCUT2D eigenvalue weighted by Crippen LogP contribution is 2.24. The van der Waals surface area contributed by atoms with E-state index in [-0.39, 0.29) is 5.82 Å². The first-order chi connectivity index (χ1) is 9.20. The highest BCUT2D eigenvalue weighted by Gasteiger charge is 2.10. The fourth-order valence-corrected chi connectivity index (χ4v) is 2.75. The van der Waals surface area contributed by atoms with E-state index < -0.39 is 0 Å². The maximum absolute atomic E-state index is 13.0. The van der Waals surface area contributed by atoms with Gasteiger partial charge in [-0.15, -0.1) is 0 Å². The molecule has 2 aromatic carbocycles. The van der Waals surface area contributed by atoms with Crippen LogP contribution in [0.4, 0.5) is 4.39 Å². The van der Waals surface area contributed by atoms with Crippen molar-refractivity contribution in [2.45, 2.75) is 18.8 Å². The molecule has 0 aliphatic heterocycles. The molecule has 0 aliphatic rings. The van der Waals surface area contributed by atoms with Crippen LogP contribution in [0.25, 0.3) is 0 Å². The second kappa shape index (κ2) is 6.83. The third-order valence-electron chi connectivity index (χ3n) is 3.33. The molecule has 2 N–H and O–H groups in total. The van der Waals surface area contributed by atoms with E-state index in [4.69, 9.17) is 5.73 Å². The molecule has 0 heterocycles. The van der Waals surface area contributed by atoms with Crippen LogP contribution in [0.5, 0.6) is 0 Å². The van der Waals surface area contributed by atoms with Crippen molar-refractivity contribution in [1.82, 2.24) is 0 Å². The number of hydrogen-bond acceptors (Lipinski definition) is 1. The highest BCUT2D eigenvalue weighted by atomic mass is 79.9. The Hall–Kier alpha value is -1.19. The Morgan fingerprint density at radius 3 is 2.47 bits per heavy atom. The predicted molar refractivity (Wildman–Crippen MR) is 80.7 cm³/mol. The van der Waals surface area contributed by atoms with E-state index in [9.17, 15) is 4.39 Å². The normalized spacial score (nSPS) is 12.4. The molecule has 0 bridgehead atoms. The lowest BCUT2D eigenvalue weighted by atomic mass is 9.92. The van der Waals surface area contributed by atoms with Crippen LogP contribution in [-0.2, 0) is 6.42 Å². The fourth-order valence-electron chi connectivity index (χ4n) is 2.20.